The van der Waals surface area contributed by atoms with Crippen molar-refractivity contribution in [2.75, 3.05) is 25.2 Å². The van der Waals surface area contributed by atoms with Crippen molar-refractivity contribution >= 4 is 21.6 Å². The molecule has 2 aromatic rings. The number of amides is 1. The minimum atomic E-state index is -3.42. The number of para-hydroxylation sites is 2. The van der Waals surface area contributed by atoms with Gasteiger partial charge in [-0.25, -0.2) is 8.42 Å². The number of hydrogen-bond acceptors (Lipinski definition) is 5. The Morgan fingerprint density at radius 3 is 2.39 bits per heavy atom. The van der Waals surface area contributed by atoms with Gasteiger partial charge in [0.1, 0.15) is 11.8 Å². The van der Waals surface area contributed by atoms with E-state index in [1.54, 1.807) is 37.4 Å². The first kappa shape index (κ1) is 20.2. The van der Waals surface area contributed by atoms with Crippen LogP contribution in [0.4, 0.5) is 5.69 Å². The summed E-state index contributed by atoms with van der Waals surface area (Å²) in [5, 5.41) is 2.80. The summed E-state index contributed by atoms with van der Waals surface area (Å²) in [6, 6.07) is 13.5. The summed E-state index contributed by atoms with van der Waals surface area (Å²) in [5.41, 5.74) is 0.580. The van der Waals surface area contributed by atoms with E-state index in [-0.39, 0.29) is 5.91 Å². The average Bonchev–Trinajstić information content (AvgIpc) is 2.69. The van der Waals surface area contributed by atoms with Crippen molar-refractivity contribution in [1.82, 2.24) is 4.31 Å². The molecule has 28 heavy (non-hydrogen) atoms. The van der Waals surface area contributed by atoms with E-state index in [1.807, 2.05) is 18.2 Å². The van der Waals surface area contributed by atoms with Gasteiger partial charge >= 0.3 is 0 Å². The highest BCUT2D eigenvalue weighted by atomic mass is 32.2. The number of sulfonamides is 1. The highest BCUT2D eigenvalue weighted by molar-refractivity contribution is 7.88. The van der Waals surface area contributed by atoms with Crippen LogP contribution in [0.5, 0.6) is 17.2 Å². The number of anilines is 1. The molecule has 1 aliphatic heterocycles. The molecule has 8 heteroatoms. The van der Waals surface area contributed by atoms with Gasteiger partial charge in [-0.15, -0.1) is 0 Å². The van der Waals surface area contributed by atoms with Crippen LogP contribution in [0.15, 0.2) is 48.5 Å². The Hall–Kier alpha value is -2.58. The minimum Gasteiger partial charge on any atom is -0.493 e. The van der Waals surface area contributed by atoms with Gasteiger partial charge in [0.25, 0.3) is 0 Å². The Morgan fingerprint density at radius 2 is 1.75 bits per heavy atom. The third kappa shape index (κ3) is 4.82. The van der Waals surface area contributed by atoms with Gasteiger partial charge in [-0.1, -0.05) is 18.6 Å². The minimum absolute atomic E-state index is 0.316. The largest absolute Gasteiger partial charge is 0.493 e. The van der Waals surface area contributed by atoms with E-state index >= 15 is 0 Å². The van der Waals surface area contributed by atoms with Crippen LogP contribution in [0, 0.1) is 0 Å². The summed E-state index contributed by atoms with van der Waals surface area (Å²) < 4.78 is 36.2. The van der Waals surface area contributed by atoms with E-state index in [1.165, 1.54) is 4.31 Å². The highest BCUT2D eigenvalue weighted by Crippen LogP contribution is 2.31. The zero-order valence-corrected chi connectivity index (χ0v) is 16.7. The number of rotatable bonds is 6. The number of piperidine rings is 1. The summed E-state index contributed by atoms with van der Waals surface area (Å²) in [6.45, 7) is 0.378. The molecule has 2 aromatic carbocycles. The molecule has 150 valence electrons. The van der Waals surface area contributed by atoms with Crippen LogP contribution < -0.4 is 14.8 Å². The fourth-order valence-electron chi connectivity index (χ4n) is 3.23. The zero-order chi connectivity index (χ0) is 20.1. The number of nitrogens with zero attached hydrogens (tertiary/aromatic N) is 1. The maximum atomic E-state index is 12.6. The normalized spacial score (nSPS) is 17.7. The van der Waals surface area contributed by atoms with Gasteiger partial charge < -0.3 is 14.8 Å². The quantitative estimate of drug-likeness (QED) is 0.799. The van der Waals surface area contributed by atoms with E-state index in [0.717, 1.165) is 19.1 Å². The molecule has 1 amide bonds. The van der Waals surface area contributed by atoms with Crippen molar-refractivity contribution in [3.8, 4) is 17.2 Å². The number of methoxy groups -OCH3 is 1. The van der Waals surface area contributed by atoms with Gasteiger partial charge in [0.15, 0.2) is 11.5 Å². The van der Waals surface area contributed by atoms with E-state index in [4.69, 9.17) is 9.47 Å². The van der Waals surface area contributed by atoms with E-state index in [0.29, 0.717) is 35.9 Å². The second-order valence-electron chi connectivity index (χ2n) is 6.65. The molecule has 0 unspecified atom stereocenters. The lowest BCUT2D eigenvalue weighted by Gasteiger charge is -2.32. The van der Waals surface area contributed by atoms with Crippen LogP contribution in [-0.4, -0.2) is 44.6 Å². The fourth-order valence-corrected chi connectivity index (χ4v) is 4.35. The summed E-state index contributed by atoms with van der Waals surface area (Å²) in [5.74, 6) is 1.49. The van der Waals surface area contributed by atoms with Gasteiger partial charge in [-0.05, 0) is 49.2 Å². The molecular weight excluding hydrogens is 380 g/mol. The van der Waals surface area contributed by atoms with Gasteiger partial charge in [-0.2, -0.15) is 4.31 Å². The van der Waals surface area contributed by atoms with Crippen LogP contribution in [0.2, 0.25) is 0 Å². The molecule has 0 saturated carbocycles. The Kier molecular flexibility index (Phi) is 6.21. The summed E-state index contributed by atoms with van der Waals surface area (Å²) in [6.07, 6.45) is 3.26. The number of carbonyl (C=O) groups is 1. The average molecular weight is 404 g/mol. The Bertz CT molecular complexity index is 928. The van der Waals surface area contributed by atoms with Crippen molar-refractivity contribution in [2.45, 2.75) is 25.3 Å². The third-order valence-electron chi connectivity index (χ3n) is 4.60. The molecular formula is C20H24N2O5S. The number of ether oxygens (including phenoxy) is 2. The second-order valence-corrected chi connectivity index (χ2v) is 8.59. The number of nitrogens with one attached hydrogen (secondary N) is 1. The van der Waals surface area contributed by atoms with Gasteiger partial charge in [0.05, 0.1) is 13.4 Å². The lowest BCUT2D eigenvalue weighted by Crippen LogP contribution is -2.49. The second kappa shape index (κ2) is 8.62. The van der Waals surface area contributed by atoms with Crippen LogP contribution in [0.3, 0.4) is 0 Å². The molecule has 1 heterocycles. The first-order valence-electron chi connectivity index (χ1n) is 9.07. The molecule has 0 aromatic heterocycles. The lowest BCUT2D eigenvalue weighted by atomic mass is 10.0. The lowest BCUT2D eigenvalue weighted by molar-refractivity contribution is -0.120. The molecule has 1 N–H and O–H groups in total. The highest BCUT2D eigenvalue weighted by Gasteiger charge is 2.34. The molecule has 1 saturated heterocycles. The first-order valence-corrected chi connectivity index (χ1v) is 10.9. The monoisotopic (exact) mass is 404 g/mol. The molecule has 0 aliphatic carbocycles. The van der Waals surface area contributed by atoms with Crippen LogP contribution >= 0.6 is 0 Å². The number of carbonyl (C=O) groups excluding carboxylic acids is 1. The predicted octanol–water partition coefficient (Wildman–Crippen LogP) is 3.24. The Balaban J connectivity index is 1.67. The molecule has 7 nitrogen and oxygen atoms in total. The van der Waals surface area contributed by atoms with Crippen molar-refractivity contribution in [2.24, 2.45) is 0 Å². The van der Waals surface area contributed by atoms with E-state index in [9.17, 15) is 13.2 Å². The molecule has 0 bridgehead atoms. The smallest absolute Gasteiger partial charge is 0.242 e. The first-order chi connectivity index (χ1) is 13.4. The standard InChI is InChI=1S/C20H24N2O5S/c1-26-18-8-3-4-9-19(18)27-16-12-10-15(11-13-16)21-20(23)17-7-5-6-14-22(17)28(2,24)25/h3-4,8-13,17H,5-7,14H2,1-2H3,(H,21,23)/t17-/m1/s1. The Labute approximate surface area is 165 Å². The third-order valence-corrected chi connectivity index (χ3v) is 5.89. The van der Waals surface area contributed by atoms with E-state index < -0.39 is 16.1 Å². The molecule has 0 spiro atoms. The van der Waals surface area contributed by atoms with Crippen molar-refractivity contribution in [3.63, 3.8) is 0 Å². The summed E-state index contributed by atoms with van der Waals surface area (Å²) in [7, 11) is -1.84. The topological polar surface area (TPSA) is 84.9 Å². The van der Waals surface area contributed by atoms with Gasteiger partial charge in [0, 0.05) is 12.2 Å². The Morgan fingerprint density at radius 1 is 1.07 bits per heavy atom. The van der Waals surface area contributed by atoms with Gasteiger partial charge in [0.2, 0.25) is 15.9 Å². The number of benzene rings is 2. The van der Waals surface area contributed by atoms with E-state index in [2.05, 4.69) is 5.32 Å². The molecule has 1 fully saturated rings. The predicted molar refractivity (Wildman–Crippen MR) is 107 cm³/mol. The maximum absolute atomic E-state index is 12.6. The molecule has 3 rings (SSSR count). The molecule has 1 aliphatic rings. The zero-order valence-electron chi connectivity index (χ0n) is 15.9. The molecule has 1 atom stereocenters. The van der Waals surface area contributed by atoms with Crippen LogP contribution in [-0.2, 0) is 14.8 Å². The van der Waals surface area contributed by atoms with Gasteiger partial charge in [-0.3, -0.25) is 4.79 Å². The van der Waals surface area contributed by atoms with Crippen molar-refractivity contribution in [3.05, 3.63) is 48.5 Å². The molecule has 0 radical (unpaired) electrons. The van der Waals surface area contributed by atoms with Crippen molar-refractivity contribution < 1.29 is 22.7 Å². The summed E-state index contributed by atoms with van der Waals surface area (Å²) in [4.78, 5) is 12.6. The fraction of sp³-hybridized carbons (Fsp3) is 0.350. The SMILES string of the molecule is COc1ccccc1Oc1ccc(NC(=O)[C@H]2CCCCN2S(C)(=O)=O)cc1. The maximum Gasteiger partial charge on any atom is 0.242 e. The van der Waals surface area contributed by atoms with Crippen molar-refractivity contribution in [1.29, 1.82) is 0 Å². The van der Waals surface area contributed by atoms with Crippen LogP contribution in [0.1, 0.15) is 19.3 Å². The van der Waals surface area contributed by atoms with Crippen LogP contribution in [0.25, 0.3) is 0 Å². The number of hydrogen-bond donors (Lipinski definition) is 1. The summed E-state index contributed by atoms with van der Waals surface area (Å²) >= 11 is 0.